The number of hydrogen-bond donors (Lipinski definition) is 1. The molecule has 9 heteroatoms. The third-order valence-electron chi connectivity index (χ3n) is 4.37. The molecule has 0 aliphatic carbocycles. The van der Waals surface area contributed by atoms with Gasteiger partial charge in [0.2, 0.25) is 5.88 Å². The molecular weight excluding hydrogens is 412 g/mol. The summed E-state index contributed by atoms with van der Waals surface area (Å²) in [6, 6.07) is 8.95. The van der Waals surface area contributed by atoms with Crippen LogP contribution in [-0.2, 0) is 16.6 Å². The zero-order valence-corrected chi connectivity index (χ0v) is 17.0. The first-order chi connectivity index (χ1) is 14.5. The summed E-state index contributed by atoms with van der Waals surface area (Å²) < 4.78 is 51.4. The first kappa shape index (κ1) is 20.2. The first-order valence-electron chi connectivity index (χ1n) is 9.27. The van der Waals surface area contributed by atoms with Gasteiger partial charge in [-0.1, -0.05) is 0 Å². The van der Waals surface area contributed by atoms with Crippen molar-refractivity contribution in [3.05, 3.63) is 59.8 Å². The molecule has 1 atom stereocenters. The van der Waals surface area contributed by atoms with Crippen LogP contribution in [0.5, 0.6) is 11.6 Å². The number of fused-ring (bicyclic) bond motifs is 6. The minimum absolute atomic E-state index is 0.224. The highest BCUT2D eigenvalue weighted by atomic mass is 32.2. The van der Waals surface area contributed by atoms with Crippen molar-refractivity contribution in [1.82, 2.24) is 9.97 Å². The van der Waals surface area contributed by atoms with Crippen molar-refractivity contribution in [3.8, 4) is 22.8 Å². The smallest absolute Gasteiger partial charge is 0.215 e. The van der Waals surface area contributed by atoms with Crippen LogP contribution >= 0.6 is 0 Å². The van der Waals surface area contributed by atoms with Gasteiger partial charge in [-0.05, 0) is 29.8 Å². The van der Waals surface area contributed by atoms with Crippen LogP contribution in [0.3, 0.4) is 0 Å². The average Bonchev–Trinajstić information content (AvgIpc) is 2.68. The number of rotatable bonds is 2. The molecule has 156 valence electrons. The summed E-state index contributed by atoms with van der Waals surface area (Å²) in [6.07, 6.45) is 3.21. The minimum atomic E-state index is -1.04. The zero-order valence-electron chi connectivity index (χ0n) is 16.2. The summed E-state index contributed by atoms with van der Waals surface area (Å²) >= 11 is 0. The Morgan fingerprint density at radius 2 is 1.90 bits per heavy atom. The maximum Gasteiger partial charge on any atom is 0.215 e. The van der Waals surface area contributed by atoms with Crippen molar-refractivity contribution >= 4 is 22.4 Å². The van der Waals surface area contributed by atoms with Gasteiger partial charge in [0.25, 0.3) is 0 Å². The SMILES string of the molecule is CS(=O)Cc1cc2nc(c1)OCCCOc1cc(F)ccc1-c1cc(ncc1F)N2. The molecule has 2 aromatic heterocycles. The Bertz CT molecular complexity index is 1110. The second-order valence-electron chi connectivity index (χ2n) is 6.78. The van der Waals surface area contributed by atoms with Crippen LogP contribution in [0, 0.1) is 11.6 Å². The van der Waals surface area contributed by atoms with E-state index in [-0.39, 0.29) is 17.9 Å². The van der Waals surface area contributed by atoms with E-state index in [2.05, 4.69) is 15.3 Å². The van der Waals surface area contributed by atoms with Gasteiger partial charge in [-0.15, -0.1) is 0 Å². The van der Waals surface area contributed by atoms with Crippen molar-refractivity contribution in [3.63, 3.8) is 0 Å². The van der Waals surface area contributed by atoms with Gasteiger partial charge in [-0.3, -0.25) is 4.21 Å². The lowest BCUT2D eigenvalue weighted by Crippen LogP contribution is -2.09. The fraction of sp³-hybridized carbons (Fsp3) is 0.238. The van der Waals surface area contributed by atoms with Crippen LogP contribution in [0.1, 0.15) is 12.0 Å². The summed E-state index contributed by atoms with van der Waals surface area (Å²) in [7, 11) is -1.04. The van der Waals surface area contributed by atoms with Crippen molar-refractivity contribution in [2.75, 3.05) is 24.8 Å². The lowest BCUT2D eigenvalue weighted by Gasteiger charge is -2.16. The van der Waals surface area contributed by atoms with Crippen LogP contribution in [0.4, 0.5) is 20.4 Å². The van der Waals surface area contributed by atoms with Gasteiger partial charge < -0.3 is 14.8 Å². The van der Waals surface area contributed by atoms with Gasteiger partial charge in [0.05, 0.1) is 19.4 Å². The van der Waals surface area contributed by atoms with E-state index in [0.29, 0.717) is 41.9 Å². The number of anilines is 2. The molecule has 1 aliphatic heterocycles. The maximum absolute atomic E-state index is 14.6. The molecule has 1 aliphatic rings. The molecule has 1 unspecified atom stereocenters. The second-order valence-corrected chi connectivity index (χ2v) is 8.22. The summed E-state index contributed by atoms with van der Waals surface area (Å²) in [6.45, 7) is 0.563. The largest absolute Gasteiger partial charge is 0.493 e. The van der Waals surface area contributed by atoms with Gasteiger partial charge in [0.1, 0.15) is 29.0 Å². The lowest BCUT2D eigenvalue weighted by atomic mass is 10.0. The monoisotopic (exact) mass is 431 g/mol. The molecule has 4 rings (SSSR count). The van der Waals surface area contributed by atoms with E-state index >= 15 is 0 Å². The Morgan fingerprint density at radius 1 is 1.07 bits per heavy atom. The topological polar surface area (TPSA) is 73.3 Å². The Hall–Kier alpha value is -3.07. The van der Waals surface area contributed by atoms with Gasteiger partial charge in [0, 0.05) is 52.5 Å². The number of aromatic nitrogens is 2. The van der Waals surface area contributed by atoms with Gasteiger partial charge >= 0.3 is 0 Å². The number of benzene rings is 1. The molecule has 1 N–H and O–H groups in total. The molecule has 1 aromatic carbocycles. The van der Waals surface area contributed by atoms with Crippen molar-refractivity contribution in [2.24, 2.45) is 0 Å². The quantitative estimate of drug-likeness (QED) is 0.656. The molecule has 3 heterocycles. The molecule has 4 bridgehead atoms. The highest BCUT2D eigenvalue weighted by molar-refractivity contribution is 7.83. The third kappa shape index (κ3) is 4.73. The van der Waals surface area contributed by atoms with E-state index in [1.165, 1.54) is 24.3 Å². The number of nitrogens with zero attached hydrogens (tertiary/aromatic N) is 2. The Morgan fingerprint density at radius 3 is 2.73 bits per heavy atom. The second kappa shape index (κ2) is 8.74. The number of halogens is 2. The van der Waals surface area contributed by atoms with E-state index in [4.69, 9.17) is 9.47 Å². The fourth-order valence-corrected chi connectivity index (χ4v) is 3.75. The first-order valence-corrected chi connectivity index (χ1v) is 11.0. The molecule has 0 fully saturated rings. The molecule has 30 heavy (non-hydrogen) atoms. The predicted molar refractivity (Wildman–Crippen MR) is 110 cm³/mol. The van der Waals surface area contributed by atoms with Crippen molar-refractivity contribution in [2.45, 2.75) is 12.2 Å². The highest BCUT2D eigenvalue weighted by Crippen LogP contribution is 2.34. The van der Waals surface area contributed by atoms with Crippen LogP contribution in [-0.4, -0.2) is 33.6 Å². The van der Waals surface area contributed by atoms with Gasteiger partial charge in [-0.2, -0.15) is 4.98 Å². The average molecular weight is 431 g/mol. The number of hydrogen-bond acceptors (Lipinski definition) is 6. The van der Waals surface area contributed by atoms with E-state index in [1.54, 1.807) is 18.4 Å². The Kier molecular flexibility index (Phi) is 5.89. The summed E-state index contributed by atoms with van der Waals surface area (Å²) in [5.41, 5.74) is 1.43. The molecule has 3 aromatic rings. The number of pyridine rings is 2. The molecule has 0 radical (unpaired) electrons. The van der Waals surface area contributed by atoms with E-state index in [9.17, 15) is 13.0 Å². The molecule has 0 saturated heterocycles. The van der Waals surface area contributed by atoms with Crippen molar-refractivity contribution in [1.29, 1.82) is 0 Å². The summed E-state index contributed by atoms with van der Waals surface area (Å²) in [5.74, 6) is 0.698. The van der Waals surface area contributed by atoms with Crippen molar-refractivity contribution < 1.29 is 22.5 Å². The molecular formula is C21H19F2N3O3S. The molecule has 0 saturated carbocycles. The maximum atomic E-state index is 14.6. The zero-order chi connectivity index (χ0) is 21.1. The Balaban J connectivity index is 1.79. The van der Waals surface area contributed by atoms with Gasteiger partial charge in [-0.25, -0.2) is 13.8 Å². The van der Waals surface area contributed by atoms with E-state index in [0.717, 1.165) is 11.8 Å². The molecule has 6 nitrogen and oxygen atoms in total. The highest BCUT2D eigenvalue weighted by Gasteiger charge is 2.15. The predicted octanol–water partition coefficient (Wildman–Crippen LogP) is 4.21. The van der Waals surface area contributed by atoms with Crippen LogP contribution in [0.2, 0.25) is 0 Å². The number of ether oxygens (including phenoxy) is 2. The summed E-state index contributed by atoms with van der Waals surface area (Å²) in [5, 5.41) is 3.04. The fourth-order valence-electron chi connectivity index (χ4n) is 3.12. The van der Waals surface area contributed by atoms with Crippen LogP contribution in [0.25, 0.3) is 11.1 Å². The number of nitrogens with one attached hydrogen (secondary N) is 1. The van der Waals surface area contributed by atoms with Crippen LogP contribution in [0.15, 0.2) is 42.6 Å². The van der Waals surface area contributed by atoms with E-state index < -0.39 is 22.4 Å². The molecule has 0 spiro atoms. The summed E-state index contributed by atoms with van der Waals surface area (Å²) in [4.78, 5) is 8.47. The van der Waals surface area contributed by atoms with Crippen LogP contribution < -0.4 is 14.8 Å². The third-order valence-corrected chi connectivity index (χ3v) is 5.11. The minimum Gasteiger partial charge on any atom is -0.493 e. The standard InChI is InChI=1S/C21H19F2N3O3S/c1-30(27)12-13-7-20-25-19-10-16(17(23)11-24-19)15-4-3-14(22)9-18(15)28-5-2-6-29-21(8-13)26-20/h3-4,7-11H,2,5-6,12H2,1H3,(H,24,25,26). The molecule has 0 amide bonds. The Labute approximate surface area is 174 Å². The normalized spacial score (nSPS) is 14.4. The van der Waals surface area contributed by atoms with Gasteiger partial charge in [0.15, 0.2) is 0 Å². The lowest BCUT2D eigenvalue weighted by molar-refractivity contribution is 0.242. The van der Waals surface area contributed by atoms with E-state index in [1.807, 2.05) is 0 Å².